The van der Waals surface area contributed by atoms with Crippen LogP contribution in [0.25, 0.3) is 0 Å². The predicted molar refractivity (Wildman–Crippen MR) is 162 cm³/mol. The number of likely N-dealkylation sites (tertiary alicyclic amines) is 1. The Morgan fingerprint density at radius 3 is 2.52 bits per heavy atom. The first-order valence-corrected chi connectivity index (χ1v) is 15.0. The Labute approximate surface area is 249 Å². The lowest BCUT2D eigenvalue weighted by atomic mass is 9.91. The smallest absolute Gasteiger partial charge is 0.243 e. The number of rotatable bonds is 16. The quantitative estimate of drug-likeness (QED) is 0.234. The molecule has 0 saturated carbocycles. The summed E-state index contributed by atoms with van der Waals surface area (Å²) < 4.78 is 25.7. The van der Waals surface area contributed by atoms with E-state index in [0.717, 1.165) is 42.6 Å². The highest BCUT2D eigenvalue weighted by molar-refractivity contribution is 5.86. The largest absolute Gasteiger partial charge is 0.377 e. The summed E-state index contributed by atoms with van der Waals surface area (Å²) in [4.78, 5) is 28.2. The number of carbonyl (C=O) groups excluding carboxylic acids is 2. The zero-order valence-corrected chi connectivity index (χ0v) is 24.9. The summed E-state index contributed by atoms with van der Waals surface area (Å²) in [5.74, 6) is 0.0140. The van der Waals surface area contributed by atoms with Crippen molar-refractivity contribution in [1.82, 2.24) is 20.4 Å². The van der Waals surface area contributed by atoms with Crippen molar-refractivity contribution in [2.45, 2.75) is 43.7 Å². The molecule has 1 aliphatic heterocycles. The Balaban J connectivity index is 1.19. The fraction of sp³-hybridized carbons (Fsp3) is 0.515. The molecular formula is C33H45FN4O4. The highest BCUT2D eigenvalue weighted by Gasteiger charge is 2.41. The molecule has 42 heavy (non-hydrogen) atoms. The molecule has 3 atom stereocenters. The number of hydrogen-bond donors (Lipinski definition) is 2. The monoisotopic (exact) mass is 580 g/mol. The minimum atomic E-state index is -0.221. The molecule has 1 heterocycles. The Bertz CT molecular complexity index is 1210. The van der Waals surface area contributed by atoms with Crippen LogP contribution in [-0.2, 0) is 31.9 Å². The topological polar surface area (TPSA) is 83.1 Å². The lowest BCUT2D eigenvalue weighted by molar-refractivity contribution is -0.121. The molecular weight excluding hydrogens is 535 g/mol. The molecule has 8 nitrogen and oxygen atoms in total. The Hall–Kier alpha value is -3.11. The van der Waals surface area contributed by atoms with Crippen molar-refractivity contribution in [3.8, 4) is 0 Å². The van der Waals surface area contributed by atoms with Crippen molar-refractivity contribution in [1.29, 1.82) is 0 Å². The third kappa shape index (κ3) is 8.70. The summed E-state index contributed by atoms with van der Waals surface area (Å²) in [5.41, 5.74) is 4.46. The summed E-state index contributed by atoms with van der Waals surface area (Å²) in [6.07, 6.45) is 4.20. The van der Waals surface area contributed by atoms with Gasteiger partial charge in [0.05, 0.1) is 26.4 Å². The molecule has 2 N–H and O–H groups in total. The second-order valence-electron chi connectivity index (χ2n) is 11.3. The number of benzene rings is 2. The highest BCUT2D eigenvalue weighted by Crippen LogP contribution is 2.42. The number of hydrogen-bond acceptors (Lipinski definition) is 6. The van der Waals surface area contributed by atoms with Gasteiger partial charge in [-0.25, -0.2) is 4.39 Å². The number of carbonyl (C=O) groups is 2. The van der Waals surface area contributed by atoms with Gasteiger partial charge in [0.1, 0.15) is 5.82 Å². The maximum Gasteiger partial charge on any atom is 0.243 e. The number of halogens is 1. The second kappa shape index (κ2) is 15.9. The van der Waals surface area contributed by atoms with Crippen LogP contribution in [0.2, 0.25) is 0 Å². The third-order valence-electron chi connectivity index (χ3n) is 8.28. The van der Waals surface area contributed by atoms with E-state index in [2.05, 4.69) is 71.4 Å². The molecule has 0 bridgehead atoms. The summed E-state index contributed by atoms with van der Waals surface area (Å²) in [7, 11) is 4.25. The molecule has 0 aromatic heterocycles. The van der Waals surface area contributed by atoms with E-state index in [1.54, 1.807) is 6.07 Å². The number of fused-ring (bicyclic) bond motifs is 1. The van der Waals surface area contributed by atoms with Gasteiger partial charge >= 0.3 is 0 Å². The van der Waals surface area contributed by atoms with Crippen LogP contribution in [0.15, 0.2) is 55.1 Å². The van der Waals surface area contributed by atoms with Gasteiger partial charge in [-0.15, -0.1) is 0 Å². The average Bonchev–Trinajstić information content (AvgIpc) is 3.63. The molecule has 2 amide bonds. The van der Waals surface area contributed by atoms with E-state index >= 15 is 0 Å². The zero-order valence-electron chi connectivity index (χ0n) is 24.9. The van der Waals surface area contributed by atoms with Crippen molar-refractivity contribution >= 4 is 11.8 Å². The van der Waals surface area contributed by atoms with Gasteiger partial charge in [0.25, 0.3) is 0 Å². The zero-order chi connectivity index (χ0) is 29.9. The maximum absolute atomic E-state index is 14.8. The van der Waals surface area contributed by atoms with E-state index in [4.69, 9.17) is 9.47 Å². The van der Waals surface area contributed by atoms with Crippen molar-refractivity contribution in [3.63, 3.8) is 0 Å². The van der Waals surface area contributed by atoms with E-state index in [1.807, 2.05) is 6.07 Å². The van der Waals surface area contributed by atoms with Gasteiger partial charge in [0, 0.05) is 56.2 Å². The van der Waals surface area contributed by atoms with E-state index in [0.29, 0.717) is 64.3 Å². The molecule has 2 aromatic rings. The Morgan fingerprint density at radius 1 is 1.05 bits per heavy atom. The van der Waals surface area contributed by atoms with Crippen LogP contribution in [0, 0.1) is 5.82 Å². The number of aryl methyl sites for hydroxylation is 2. The van der Waals surface area contributed by atoms with Crippen LogP contribution < -0.4 is 10.6 Å². The molecule has 0 radical (unpaired) electrons. The predicted octanol–water partition coefficient (Wildman–Crippen LogP) is 3.23. The molecule has 2 aromatic carbocycles. The first-order valence-electron chi connectivity index (χ1n) is 15.0. The summed E-state index contributed by atoms with van der Waals surface area (Å²) in [5, 5.41) is 5.55. The lowest BCUT2D eigenvalue weighted by Crippen LogP contribution is -2.35. The van der Waals surface area contributed by atoms with Crippen LogP contribution in [0.1, 0.15) is 47.1 Å². The van der Waals surface area contributed by atoms with Gasteiger partial charge in [-0.1, -0.05) is 43.0 Å². The summed E-state index contributed by atoms with van der Waals surface area (Å²) >= 11 is 0. The standard InChI is InChI=1S/C33H45FN4O4/c1-4-31(39)35-15-17-41-19-20-42-18-16-36-32(40)14-11-24-7-5-9-26(21-24)27-22-38(23-30(27)37(2)3)29-13-12-25-8-6-10-28(34)33(25)29/h4-10,21,27,29-30H,1,11-20,22-23H2,2-3H3,(H,35,39)(H,36,40)/t27-,29+,30+/m1/s1. The van der Waals surface area contributed by atoms with Crippen LogP contribution in [0.4, 0.5) is 4.39 Å². The Morgan fingerprint density at radius 2 is 1.79 bits per heavy atom. The third-order valence-corrected chi connectivity index (χ3v) is 8.28. The molecule has 1 saturated heterocycles. The first kappa shape index (κ1) is 31.8. The minimum absolute atomic E-state index is 0.00153. The maximum atomic E-state index is 14.8. The number of ether oxygens (including phenoxy) is 2. The molecule has 1 aliphatic carbocycles. The van der Waals surface area contributed by atoms with Crippen molar-refractivity contribution in [2.24, 2.45) is 0 Å². The van der Waals surface area contributed by atoms with E-state index in [9.17, 15) is 14.0 Å². The van der Waals surface area contributed by atoms with Gasteiger partial charge in [-0.3, -0.25) is 14.5 Å². The van der Waals surface area contributed by atoms with Gasteiger partial charge in [-0.05, 0) is 62.2 Å². The summed E-state index contributed by atoms with van der Waals surface area (Å²) in [6, 6.07) is 14.6. The SMILES string of the molecule is C=CC(=O)NCCOCCOCCNC(=O)CCc1cccc([C@H]2CN([C@H]3CCc4cccc(F)c43)C[C@@H]2N(C)C)c1. The fourth-order valence-electron chi connectivity index (χ4n) is 6.12. The van der Waals surface area contributed by atoms with Gasteiger partial charge < -0.3 is 25.0 Å². The second-order valence-corrected chi connectivity index (χ2v) is 11.3. The molecule has 228 valence electrons. The van der Waals surface area contributed by atoms with E-state index < -0.39 is 0 Å². The molecule has 2 aliphatic rings. The number of nitrogens with one attached hydrogen (secondary N) is 2. The van der Waals surface area contributed by atoms with Crippen LogP contribution in [0.3, 0.4) is 0 Å². The fourth-order valence-corrected chi connectivity index (χ4v) is 6.12. The van der Waals surface area contributed by atoms with E-state index in [1.165, 1.54) is 11.6 Å². The molecule has 4 rings (SSSR count). The molecule has 0 unspecified atom stereocenters. The van der Waals surface area contributed by atoms with Gasteiger partial charge in [0.15, 0.2) is 0 Å². The summed E-state index contributed by atoms with van der Waals surface area (Å²) in [6.45, 7) is 7.73. The normalized spacial score (nSPS) is 20.0. The number of likely N-dealkylation sites (N-methyl/N-ethyl adjacent to an activating group) is 1. The van der Waals surface area contributed by atoms with Crippen molar-refractivity contribution in [3.05, 3.63) is 83.2 Å². The highest BCUT2D eigenvalue weighted by atomic mass is 19.1. The Kier molecular flexibility index (Phi) is 12.1. The van der Waals surface area contributed by atoms with Gasteiger partial charge in [0.2, 0.25) is 11.8 Å². The van der Waals surface area contributed by atoms with Crippen molar-refractivity contribution in [2.75, 3.05) is 66.7 Å². The average molecular weight is 581 g/mol. The lowest BCUT2D eigenvalue weighted by Gasteiger charge is -2.26. The number of nitrogens with zero attached hydrogens (tertiary/aromatic N) is 2. The van der Waals surface area contributed by atoms with E-state index in [-0.39, 0.29) is 23.7 Å². The van der Waals surface area contributed by atoms with Gasteiger partial charge in [-0.2, -0.15) is 0 Å². The van der Waals surface area contributed by atoms with Crippen LogP contribution >= 0.6 is 0 Å². The number of amides is 2. The minimum Gasteiger partial charge on any atom is -0.377 e. The molecule has 0 spiro atoms. The van der Waals surface area contributed by atoms with Crippen LogP contribution in [-0.4, -0.2) is 94.4 Å². The van der Waals surface area contributed by atoms with Crippen LogP contribution in [0.5, 0.6) is 0 Å². The molecule has 1 fully saturated rings. The molecule has 9 heteroatoms. The first-order chi connectivity index (χ1) is 20.4. The van der Waals surface area contributed by atoms with Crippen molar-refractivity contribution < 1.29 is 23.5 Å².